The maximum Gasteiger partial charge on any atom is 0.388 e. The Morgan fingerprint density at radius 3 is 0.750 bits per heavy atom. The van der Waals surface area contributed by atoms with Gasteiger partial charge in [0.2, 0.25) is 17.1 Å². The molecule has 0 heterocycles. The summed E-state index contributed by atoms with van der Waals surface area (Å²) in [7, 11) is -130. The van der Waals surface area contributed by atoms with E-state index in [-0.39, 0.29) is 0 Å². The quantitative estimate of drug-likeness (QED) is 0.0540. The summed E-state index contributed by atoms with van der Waals surface area (Å²) in [5.41, 5.74) is 0. The topological polar surface area (TPSA) is 479 Å². The van der Waals surface area contributed by atoms with Crippen LogP contribution in [-0.4, -0.2) is 249 Å². The van der Waals surface area contributed by atoms with E-state index in [1.807, 2.05) is 0 Å². The molecule has 0 aliphatic rings. The molecule has 0 aromatic heterocycles. The summed E-state index contributed by atoms with van der Waals surface area (Å²) in [5, 5.41) is 0. The van der Waals surface area contributed by atoms with Crippen molar-refractivity contribution >= 4 is 243 Å². The lowest BCUT2D eigenvalue weighted by atomic mass is 10.5. The van der Waals surface area contributed by atoms with Crippen LogP contribution in [-0.2, 0) is 129 Å². The Kier molecular flexibility index (Phi) is 31.6. The first-order chi connectivity index (χ1) is 32.4. The molecule has 0 aromatic rings. The van der Waals surface area contributed by atoms with Gasteiger partial charge in [0.1, 0.15) is 0 Å². The van der Waals surface area contributed by atoms with E-state index in [0.717, 1.165) is 0 Å². The average molecular weight is 1520 g/mol. The Hall–Kier alpha value is 1.03. The van der Waals surface area contributed by atoms with Crippen molar-refractivity contribution in [3.63, 3.8) is 0 Å². The third-order valence-electron chi connectivity index (χ3n) is 8.09. The van der Waals surface area contributed by atoms with E-state index in [4.69, 9.17) is 8.23 Å². The molecule has 0 radical (unpaired) electrons. The molecule has 0 N–H and O–H groups in total. The number of halogens is 3. The lowest BCUT2D eigenvalue weighted by Gasteiger charge is -2.23. The molecule has 0 spiro atoms. The summed E-state index contributed by atoms with van der Waals surface area (Å²) < 4.78 is 392. The third-order valence-corrected chi connectivity index (χ3v) is 242. The largest absolute Gasteiger partial charge is 0.457 e. The second kappa shape index (κ2) is 31.1. The van der Waals surface area contributed by atoms with E-state index >= 15 is 0 Å². The highest BCUT2D eigenvalue weighted by molar-refractivity contribution is 7.84. The number of hydrogen-bond donors (Lipinski definition) is 0. The molecule has 0 fully saturated rings. The normalized spacial score (nSPS) is 11.2. The minimum Gasteiger partial charge on any atom is -0.457 e. The van der Waals surface area contributed by atoms with E-state index in [0.29, 0.717) is 0 Å². The first-order valence-corrected chi connectivity index (χ1v) is 95.2. The third kappa shape index (κ3) is 20.9. The molecule has 0 aliphatic carbocycles. The van der Waals surface area contributed by atoms with Crippen LogP contribution in [0.4, 0.5) is 13.2 Å². The summed E-state index contributed by atoms with van der Waals surface area (Å²) in [6.07, 6.45) is -5.85. The SMILES string of the molecule is C[SiH](C)O[Si](C)(C)[Si](=O)[Si](=O)[Si](=O)[Si](=O)[Si](=O)[Si](=O)[Si](=O)[Si](=O)[Si](=O)[Si](=O)[Si](=O)[Si](=O)[Si](=O)[Si](=O)[Si](=O)[Si](=O)[Si](=O)[Si](=O)[Si](=O)[Si](=O)[Si](=O)[Si](=O)[Si](=O)[Si](=O)[Si](=O)[Si](=O)[Si](=O)[SiH2]O[Si](C)(C)CCC(F)(F)F. The van der Waals surface area contributed by atoms with E-state index in [1.165, 1.54) is 26.2 Å². The van der Waals surface area contributed by atoms with Gasteiger partial charge in [-0.2, -0.15) is 13.2 Å². The van der Waals surface area contributed by atoms with E-state index in [9.17, 15) is 134 Å². The van der Waals surface area contributed by atoms with Crippen LogP contribution in [0.25, 0.3) is 0 Å². The molecule has 0 unspecified atom stereocenters. The van der Waals surface area contributed by atoms with Crippen LogP contribution < -0.4 is 0 Å². The Balaban J connectivity index is 5.83. The van der Waals surface area contributed by atoms with Crippen LogP contribution in [0.2, 0.25) is 45.3 Å². The molecule has 0 saturated carbocycles. The van der Waals surface area contributed by atoms with Crippen molar-refractivity contribution in [3.05, 3.63) is 0 Å². The van der Waals surface area contributed by atoms with Crippen LogP contribution in [0.1, 0.15) is 6.42 Å². The van der Waals surface area contributed by atoms with Crippen molar-refractivity contribution in [2.24, 2.45) is 0 Å². The molecule has 72 heavy (non-hydrogen) atoms. The minimum atomic E-state index is -4.70. The van der Waals surface area contributed by atoms with Crippen molar-refractivity contribution < 1.29 is 142 Å². The maximum absolute atomic E-state index is 12.8. The van der Waals surface area contributed by atoms with E-state index in [2.05, 4.69) is 0 Å². The van der Waals surface area contributed by atoms with E-state index < -0.39 is 262 Å². The molecule has 29 nitrogen and oxygen atoms in total. The predicted octanol–water partition coefficient (Wildman–Crippen LogP) is -10.5. The first kappa shape index (κ1) is 73.0. The molecule has 380 valence electrons. The first-order valence-electron chi connectivity index (χ1n) is 18.5. The molecule has 0 saturated heterocycles. The van der Waals surface area contributed by atoms with E-state index in [1.54, 1.807) is 13.1 Å². The van der Waals surface area contributed by atoms with Gasteiger partial charge in [-0.25, -0.2) is 0 Å². The fourth-order valence-electron chi connectivity index (χ4n) is 4.36. The summed E-state index contributed by atoms with van der Waals surface area (Å²) in [6, 6.07) is -0.510. The second-order valence-electron chi connectivity index (χ2n) is 14.8. The van der Waals surface area contributed by atoms with Gasteiger partial charge in [0, 0.05) is 6.42 Å². The van der Waals surface area contributed by atoms with Crippen LogP contribution in [0, 0.1) is 0 Å². The fourth-order valence-corrected chi connectivity index (χ4v) is 352. The predicted molar refractivity (Wildman–Crippen MR) is 254 cm³/mol. The molecular formula is C9H25F3O29Si31. The van der Waals surface area contributed by atoms with Crippen molar-refractivity contribution in [1.29, 1.82) is 0 Å². The lowest BCUT2D eigenvalue weighted by Crippen LogP contribution is -2.58. The second-order valence-corrected chi connectivity index (χ2v) is 164. The average Bonchev–Trinajstić information content (AvgIpc) is 3.32. The fraction of sp³-hybridized carbons (Fsp3) is 1.00. The van der Waals surface area contributed by atoms with Crippen molar-refractivity contribution in [2.75, 3.05) is 0 Å². The monoisotopic (exact) mass is 1520 g/mol. The molecule has 0 aliphatic heterocycles. The Morgan fingerprint density at radius 1 is 0.361 bits per heavy atom. The van der Waals surface area contributed by atoms with Crippen LogP contribution in [0.15, 0.2) is 0 Å². The Morgan fingerprint density at radius 2 is 0.556 bits per heavy atom. The summed E-state index contributed by atoms with van der Waals surface area (Å²) in [4.78, 5) is 0. The number of rotatable bonds is 34. The summed E-state index contributed by atoms with van der Waals surface area (Å²) in [5.74, 6) is 0. The van der Waals surface area contributed by atoms with Crippen LogP contribution in [0.3, 0.4) is 0 Å². The van der Waals surface area contributed by atoms with Gasteiger partial charge in [0.15, 0.2) is 17.4 Å². The standard InChI is InChI=1S/C9H25F3O29Si31/c1-43(2)41-72(5,6)70(39)69(38)68(37)67(36)66(35)65(34)64(33)63(32)62(31)61(30)60(29)59(28)58(27)57(26)56(25)55(24)54(23)53(22)52(21)51(20)50(19)49(18)48(17)47(16)46(15)45(14)44(13)42-40-71(3,4)8-7-9(10,11)12/h43H,7-8,42H2,1-6H3. The van der Waals surface area contributed by atoms with Gasteiger partial charge in [-0.1, -0.05) is 0 Å². The maximum atomic E-state index is 12.8. The van der Waals surface area contributed by atoms with Gasteiger partial charge < -0.3 is 129 Å². The van der Waals surface area contributed by atoms with Gasteiger partial charge in [0.05, 0.1) is 0 Å². The highest BCUT2D eigenvalue weighted by Crippen LogP contribution is 2.26. The van der Waals surface area contributed by atoms with Crippen molar-refractivity contribution in [3.8, 4) is 0 Å². The minimum absolute atomic E-state index is 0.510. The van der Waals surface area contributed by atoms with Gasteiger partial charge >= 0.3 is 215 Å². The Bertz CT molecular complexity index is 2830. The Labute approximate surface area is 438 Å². The van der Waals surface area contributed by atoms with Gasteiger partial charge in [-0.3, -0.25) is 0 Å². The van der Waals surface area contributed by atoms with Crippen LogP contribution in [0.5, 0.6) is 0 Å². The van der Waals surface area contributed by atoms with Gasteiger partial charge in [0.25, 0.3) is 0 Å². The molecule has 0 aromatic carbocycles. The number of hydrogen-bond acceptors (Lipinski definition) is 29. The molecule has 0 bridgehead atoms. The van der Waals surface area contributed by atoms with Gasteiger partial charge in [-0.05, 0) is 45.3 Å². The molecule has 0 amide bonds. The number of alkyl halides is 3. The van der Waals surface area contributed by atoms with Crippen molar-refractivity contribution in [1.82, 2.24) is 0 Å². The summed E-state index contributed by atoms with van der Waals surface area (Å²) in [6.45, 7) is 8.62. The highest BCUT2D eigenvalue weighted by atomic mass is 30.1. The highest BCUT2D eigenvalue weighted by Gasteiger charge is 2.58. The molecule has 0 atom stereocenters. The molecule has 63 heteroatoms. The smallest absolute Gasteiger partial charge is 0.388 e. The van der Waals surface area contributed by atoms with Crippen LogP contribution >= 0.6 is 0 Å². The lowest BCUT2D eigenvalue weighted by molar-refractivity contribution is -0.131. The molecular weight excluding hydrogens is 1500 g/mol. The van der Waals surface area contributed by atoms with Crippen molar-refractivity contribution in [2.45, 2.75) is 57.9 Å². The molecule has 0 rings (SSSR count). The zero-order chi connectivity index (χ0) is 57.2. The summed E-state index contributed by atoms with van der Waals surface area (Å²) >= 11 is 0. The zero-order valence-corrected chi connectivity index (χ0v) is 68.2. The zero-order valence-electron chi connectivity index (χ0n) is 36.7. The van der Waals surface area contributed by atoms with Gasteiger partial charge in [-0.15, -0.1) is 0 Å².